The molecule has 2 heterocycles. The number of carbonyl (C=O) groups is 2. The molecule has 0 bridgehead atoms. The van der Waals surface area contributed by atoms with Crippen LogP contribution in [-0.4, -0.2) is 136 Å². The molecule has 0 saturated heterocycles. The van der Waals surface area contributed by atoms with E-state index >= 15 is 0 Å². The molecule has 2 aromatic rings. The van der Waals surface area contributed by atoms with Crippen molar-refractivity contribution in [3.05, 3.63) is 82.6 Å². The molecule has 2 aliphatic rings. The first-order valence-corrected chi connectivity index (χ1v) is 22.2. The number of rotatable bonds is 20. The van der Waals surface area contributed by atoms with E-state index in [1.807, 2.05) is 62.6 Å². The normalized spacial score (nSPS) is 19.0. The lowest BCUT2D eigenvalue weighted by atomic mass is 9.80. The molecule has 320 valence electrons. The summed E-state index contributed by atoms with van der Waals surface area (Å²) in [5.41, 5.74) is 4.29. The average molecular weight is 849 g/mol. The molecule has 6 N–H and O–H groups in total. The Balaban J connectivity index is 1.69. The first-order chi connectivity index (χ1) is 26.9. The Bertz CT molecular complexity index is 2180. The van der Waals surface area contributed by atoms with Gasteiger partial charge in [-0.05, 0) is 82.0 Å². The second kappa shape index (κ2) is 18.6. The minimum absolute atomic E-state index is 0.0950. The summed E-state index contributed by atoms with van der Waals surface area (Å²) in [6.45, 7) is 8.82. The van der Waals surface area contributed by atoms with E-state index in [-0.39, 0.29) is 24.2 Å². The van der Waals surface area contributed by atoms with Gasteiger partial charge in [-0.2, -0.15) is 4.58 Å². The third-order valence-electron chi connectivity index (χ3n) is 10.8. The van der Waals surface area contributed by atoms with Crippen molar-refractivity contribution in [1.82, 2.24) is 5.32 Å². The van der Waals surface area contributed by atoms with E-state index in [4.69, 9.17) is 5.11 Å². The molecule has 0 aromatic heterocycles. The molecule has 4 rings (SSSR count). The number of Topliss-reactive ketones (excluding diaryl/α,β-unsaturated/α-hetero) is 1. The number of amides is 1. The van der Waals surface area contributed by atoms with Crippen LogP contribution in [0.25, 0.3) is 0 Å². The van der Waals surface area contributed by atoms with E-state index in [2.05, 4.69) is 10.2 Å². The Kier molecular flexibility index (Phi) is 15.0. The van der Waals surface area contributed by atoms with E-state index < -0.39 is 86.0 Å². The van der Waals surface area contributed by atoms with Crippen LogP contribution in [0.15, 0.2) is 60.3 Å². The van der Waals surface area contributed by atoms with Crippen LogP contribution in [0, 0.1) is 0 Å². The Hall–Kier alpha value is -3.85. The highest BCUT2D eigenvalue weighted by Crippen LogP contribution is 2.48. The summed E-state index contributed by atoms with van der Waals surface area (Å²) in [7, 11) is -8.81. The van der Waals surface area contributed by atoms with E-state index in [1.54, 1.807) is 24.3 Å². The molecular formula is C40H54N3O13S2-. The van der Waals surface area contributed by atoms with Crippen molar-refractivity contribution >= 4 is 49.0 Å². The number of unbranched alkanes of at least 4 members (excludes halogenated alkanes) is 2. The molecule has 1 amide bonds. The second-order valence-corrected chi connectivity index (χ2v) is 18.9. The van der Waals surface area contributed by atoms with Crippen LogP contribution in [0.4, 0.5) is 11.4 Å². The molecule has 18 heteroatoms. The Morgan fingerprint density at radius 2 is 1.41 bits per heavy atom. The summed E-state index contributed by atoms with van der Waals surface area (Å²) < 4.78 is 70.0. The predicted octanol–water partition coefficient (Wildman–Crippen LogP) is 1.32. The second-order valence-electron chi connectivity index (χ2n) is 15.8. The standard InChI is InChI=1S/C40H55N3O13S2/c1-25(45)26-13-15-30-28(21-26)39(2,3)34(42(30)17-6-8-19-57(51,52)53)11-10-12-35-40(4,5)29-22-27(14-16-31(29)43(35)18-7-9-20-58(54,55)56)38(50)41-23-32(46)36(48)37(49)33(47)24-44/h10-16,21-22,32-33,36-37,44,46-49H,6-9,17-20,23-24H2,1-5H3,(H2-,41,50,51,52,53,54,55,56)/p-1. The van der Waals surface area contributed by atoms with Crippen molar-refractivity contribution < 1.29 is 65.6 Å². The van der Waals surface area contributed by atoms with Crippen molar-refractivity contribution in [2.24, 2.45) is 0 Å². The number of aliphatic hydroxyl groups is 5. The van der Waals surface area contributed by atoms with Gasteiger partial charge >= 0.3 is 0 Å². The van der Waals surface area contributed by atoms with E-state index in [1.165, 1.54) is 6.92 Å². The number of hydrogen-bond donors (Lipinski definition) is 6. The Morgan fingerprint density at radius 1 is 0.828 bits per heavy atom. The number of hydrogen-bond acceptors (Lipinski definition) is 14. The van der Waals surface area contributed by atoms with Gasteiger partial charge in [0.2, 0.25) is 5.69 Å². The first kappa shape index (κ1) is 46.8. The van der Waals surface area contributed by atoms with Gasteiger partial charge in [-0.25, -0.2) is 16.8 Å². The average Bonchev–Trinajstić information content (AvgIpc) is 3.49. The van der Waals surface area contributed by atoms with Crippen LogP contribution in [0.2, 0.25) is 0 Å². The van der Waals surface area contributed by atoms with Crippen molar-refractivity contribution in [2.45, 2.75) is 95.5 Å². The summed E-state index contributed by atoms with van der Waals surface area (Å²) >= 11 is 0. The van der Waals surface area contributed by atoms with Gasteiger partial charge in [-0.1, -0.05) is 19.9 Å². The van der Waals surface area contributed by atoms with Gasteiger partial charge in [-0.15, -0.1) is 0 Å². The fourth-order valence-electron chi connectivity index (χ4n) is 7.50. The van der Waals surface area contributed by atoms with E-state index in [0.717, 1.165) is 33.9 Å². The van der Waals surface area contributed by atoms with Crippen molar-refractivity contribution in [3.63, 3.8) is 0 Å². The highest BCUT2D eigenvalue weighted by molar-refractivity contribution is 7.85. The summed E-state index contributed by atoms with van der Waals surface area (Å²) in [6.07, 6.45) is -0.342. The molecule has 2 aliphatic heterocycles. The Morgan fingerprint density at radius 3 is 2.02 bits per heavy atom. The smallest absolute Gasteiger partial charge is 0.251 e. The monoisotopic (exact) mass is 848 g/mol. The van der Waals surface area contributed by atoms with Crippen LogP contribution in [-0.2, 0) is 31.1 Å². The zero-order valence-corrected chi connectivity index (χ0v) is 34.9. The van der Waals surface area contributed by atoms with Crippen LogP contribution >= 0.6 is 0 Å². The number of aliphatic hydroxyl groups excluding tert-OH is 5. The summed E-state index contributed by atoms with van der Waals surface area (Å²) in [5.74, 6) is -1.71. The predicted molar refractivity (Wildman–Crippen MR) is 214 cm³/mol. The minimum atomic E-state index is -4.43. The maximum Gasteiger partial charge on any atom is 0.251 e. The lowest BCUT2D eigenvalue weighted by molar-refractivity contribution is -0.438. The van der Waals surface area contributed by atoms with Gasteiger partial charge in [0.25, 0.3) is 5.91 Å². The van der Waals surface area contributed by atoms with E-state index in [0.29, 0.717) is 31.5 Å². The molecule has 2 aromatic carbocycles. The van der Waals surface area contributed by atoms with Crippen molar-refractivity contribution in [1.29, 1.82) is 0 Å². The molecule has 58 heavy (non-hydrogen) atoms. The molecule has 0 fully saturated rings. The van der Waals surface area contributed by atoms with Crippen LogP contribution in [0.1, 0.15) is 92.1 Å². The van der Waals surface area contributed by atoms with Gasteiger partial charge in [0, 0.05) is 76.6 Å². The molecule has 0 spiro atoms. The molecule has 16 nitrogen and oxygen atoms in total. The van der Waals surface area contributed by atoms with Crippen molar-refractivity contribution in [3.8, 4) is 0 Å². The summed E-state index contributed by atoms with van der Waals surface area (Å²) in [6, 6.07) is 10.4. The van der Waals surface area contributed by atoms with Crippen LogP contribution in [0.3, 0.4) is 0 Å². The lowest BCUT2D eigenvalue weighted by Gasteiger charge is -2.27. The Labute approximate surface area is 339 Å². The largest absolute Gasteiger partial charge is 0.748 e. The molecule has 0 radical (unpaired) electrons. The molecular weight excluding hydrogens is 795 g/mol. The van der Waals surface area contributed by atoms with Gasteiger partial charge in [0.1, 0.15) is 24.9 Å². The summed E-state index contributed by atoms with van der Waals surface area (Å²) in [4.78, 5) is 27.6. The number of nitrogens with one attached hydrogen (secondary N) is 1. The van der Waals surface area contributed by atoms with Gasteiger partial charge in [0.05, 0.1) is 38.4 Å². The number of fused-ring (bicyclic) bond motifs is 2. The fourth-order valence-corrected chi connectivity index (χ4v) is 8.62. The quantitative estimate of drug-likeness (QED) is 0.0475. The van der Waals surface area contributed by atoms with E-state index in [9.17, 15) is 56.0 Å². The number of carbonyl (C=O) groups excluding carboxylic acids is 2. The molecule has 4 unspecified atom stereocenters. The molecule has 0 saturated carbocycles. The topological polar surface area (TPSA) is 268 Å². The first-order valence-electron chi connectivity index (χ1n) is 19.0. The number of nitrogens with zero attached hydrogens (tertiary/aromatic N) is 2. The zero-order chi connectivity index (χ0) is 43.4. The number of anilines is 1. The molecule has 4 atom stereocenters. The summed E-state index contributed by atoms with van der Waals surface area (Å²) in [5, 5.41) is 51.6. The minimum Gasteiger partial charge on any atom is -0.748 e. The van der Waals surface area contributed by atoms with Gasteiger partial charge in [0.15, 0.2) is 11.5 Å². The van der Waals surface area contributed by atoms with Gasteiger partial charge in [-0.3, -0.25) is 9.59 Å². The SMILES string of the molecule is CC(=O)c1ccc2c(c1)C(C)(C)/C(=C\C=C\C1=[N+](CCCCS(=O)(=O)[O-])c3ccc(C(=O)NCC(O)C(O)C(O)C(O)CO)cc3C1(C)C)N2CCCCS(=O)(=O)[O-]. The third kappa shape index (κ3) is 11.0. The van der Waals surface area contributed by atoms with Gasteiger partial charge < -0.3 is 44.9 Å². The maximum atomic E-state index is 13.3. The highest BCUT2D eigenvalue weighted by Gasteiger charge is 2.45. The lowest BCUT2D eigenvalue weighted by Crippen LogP contribution is -2.49. The van der Waals surface area contributed by atoms with Crippen LogP contribution < -0.4 is 10.2 Å². The van der Waals surface area contributed by atoms with Crippen molar-refractivity contribution in [2.75, 3.05) is 42.6 Å². The zero-order valence-electron chi connectivity index (χ0n) is 33.3. The maximum absolute atomic E-state index is 13.3. The fraction of sp³-hybridized carbons (Fsp3) is 0.525. The number of allylic oxidation sites excluding steroid dienone is 4. The molecule has 0 aliphatic carbocycles. The number of ketones is 1. The van der Waals surface area contributed by atoms with Crippen LogP contribution in [0.5, 0.6) is 0 Å². The third-order valence-corrected chi connectivity index (χ3v) is 12.4. The number of benzene rings is 2. The highest BCUT2D eigenvalue weighted by atomic mass is 32.2.